The summed E-state index contributed by atoms with van der Waals surface area (Å²) in [4.78, 5) is 13.3. The average Bonchev–Trinajstić information content (AvgIpc) is 3.55. The van der Waals surface area contributed by atoms with Crippen LogP contribution in [0.5, 0.6) is 0 Å². The minimum Gasteiger partial charge on any atom is -0.394 e. The summed E-state index contributed by atoms with van der Waals surface area (Å²) >= 11 is 0. The van der Waals surface area contributed by atoms with Crippen molar-refractivity contribution in [2.45, 2.75) is 312 Å². The van der Waals surface area contributed by atoms with Crippen LogP contribution in [0.3, 0.4) is 0 Å². The first-order valence-electron chi connectivity index (χ1n) is 31.7. The van der Waals surface area contributed by atoms with Gasteiger partial charge in [0.1, 0.15) is 48.8 Å². The van der Waals surface area contributed by atoms with Crippen LogP contribution >= 0.6 is 0 Å². The van der Waals surface area contributed by atoms with E-state index < -0.39 is 86.8 Å². The van der Waals surface area contributed by atoms with Gasteiger partial charge in [-0.1, -0.05) is 241 Å². The highest BCUT2D eigenvalue weighted by molar-refractivity contribution is 5.76. The number of carbonyl (C=O) groups excluding carboxylic acids is 1. The van der Waals surface area contributed by atoms with Crippen LogP contribution in [-0.2, 0) is 23.7 Å². The van der Waals surface area contributed by atoms with Crippen LogP contribution in [0.4, 0.5) is 0 Å². The molecule has 2 rings (SSSR count). The van der Waals surface area contributed by atoms with E-state index in [9.17, 15) is 45.6 Å². The molecule has 2 heterocycles. The lowest BCUT2D eigenvalue weighted by Crippen LogP contribution is -2.65. The summed E-state index contributed by atoms with van der Waals surface area (Å²) in [6, 6.07) is -0.917. The smallest absolute Gasteiger partial charge is 0.220 e. The van der Waals surface area contributed by atoms with Crippen molar-refractivity contribution in [2.24, 2.45) is 0 Å². The van der Waals surface area contributed by atoms with Crippen molar-refractivity contribution in [1.29, 1.82) is 0 Å². The summed E-state index contributed by atoms with van der Waals surface area (Å²) in [5, 5.41) is 87.1. The van der Waals surface area contributed by atoms with Gasteiger partial charge in [-0.15, -0.1) is 0 Å². The molecular formula is C65H115NO13. The van der Waals surface area contributed by atoms with E-state index >= 15 is 0 Å². The van der Waals surface area contributed by atoms with Gasteiger partial charge in [0.25, 0.3) is 0 Å². The third-order valence-electron chi connectivity index (χ3n) is 15.1. The zero-order valence-electron chi connectivity index (χ0n) is 49.3. The molecule has 2 fully saturated rings. The number of carbonyl (C=O) groups is 1. The van der Waals surface area contributed by atoms with E-state index in [1.54, 1.807) is 6.08 Å². The zero-order valence-corrected chi connectivity index (χ0v) is 49.3. The molecule has 0 bridgehead atoms. The third kappa shape index (κ3) is 35.2. The molecular weight excluding hydrogens is 1000 g/mol. The van der Waals surface area contributed by atoms with E-state index in [2.05, 4.69) is 79.9 Å². The van der Waals surface area contributed by atoms with Gasteiger partial charge in [0.05, 0.1) is 32.0 Å². The fourth-order valence-corrected chi connectivity index (χ4v) is 10.1. The normalized spacial score (nSPS) is 24.9. The number of aliphatic hydroxyl groups excluding tert-OH is 8. The lowest BCUT2D eigenvalue weighted by atomic mass is 9.97. The summed E-state index contributed by atoms with van der Waals surface area (Å²) in [5.41, 5.74) is 0. The van der Waals surface area contributed by atoms with Gasteiger partial charge in [0.2, 0.25) is 5.91 Å². The quantitative estimate of drug-likeness (QED) is 0.0204. The first kappa shape index (κ1) is 72.5. The van der Waals surface area contributed by atoms with Gasteiger partial charge in [0, 0.05) is 6.42 Å². The average molecular weight is 1120 g/mol. The number of hydrogen-bond acceptors (Lipinski definition) is 13. The van der Waals surface area contributed by atoms with Crippen molar-refractivity contribution < 1.29 is 64.6 Å². The van der Waals surface area contributed by atoms with Gasteiger partial charge in [-0.3, -0.25) is 4.79 Å². The third-order valence-corrected chi connectivity index (χ3v) is 15.1. The van der Waals surface area contributed by atoms with E-state index in [4.69, 9.17) is 18.9 Å². The molecule has 458 valence electrons. The number of nitrogens with one attached hydrogen (secondary N) is 1. The van der Waals surface area contributed by atoms with Crippen molar-refractivity contribution in [3.63, 3.8) is 0 Å². The SMILES string of the molecule is CC/C=C\C/C=C\C/C=C\C/C=C\C/C=C\CCCCCCCCCCCCCCCCCC(=O)NC(COC1OC(CO)C(OC2OC(CO)C(O)C(O)C2O)C(O)C1O)C(O)/C=C/CCCCCCCCCCCCCC. The molecule has 0 aromatic heterocycles. The topological polar surface area (TPSA) is 228 Å². The van der Waals surface area contributed by atoms with E-state index in [1.165, 1.54) is 141 Å². The van der Waals surface area contributed by atoms with Gasteiger partial charge in [0.15, 0.2) is 12.6 Å². The van der Waals surface area contributed by atoms with E-state index in [0.717, 1.165) is 70.6 Å². The molecule has 1 amide bonds. The monoisotopic (exact) mass is 1120 g/mol. The molecule has 2 saturated heterocycles. The van der Waals surface area contributed by atoms with Crippen molar-refractivity contribution >= 4 is 5.91 Å². The molecule has 79 heavy (non-hydrogen) atoms. The predicted molar refractivity (Wildman–Crippen MR) is 318 cm³/mol. The number of allylic oxidation sites excluding steroid dienone is 11. The molecule has 12 atom stereocenters. The van der Waals surface area contributed by atoms with Gasteiger partial charge in [-0.25, -0.2) is 0 Å². The molecule has 9 N–H and O–H groups in total. The summed E-state index contributed by atoms with van der Waals surface area (Å²) in [6.07, 6.45) is 49.5. The molecule has 14 nitrogen and oxygen atoms in total. The predicted octanol–water partition coefficient (Wildman–Crippen LogP) is 11.5. The number of hydrogen-bond donors (Lipinski definition) is 9. The first-order valence-corrected chi connectivity index (χ1v) is 31.7. The van der Waals surface area contributed by atoms with Gasteiger partial charge >= 0.3 is 0 Å². The fourth-order valence-electron chi connectivity index (χ4n) is 10.1. The van der Waals surface area contributed by atoms with Gasteiger partial charge in [-0.05, 0) is 64.2 Å². The minimum absolute atomic E-state index is 0.241. The van der Waals surface area contributed by atoms with Crippen molar-refractivity contribution in [2.75, 3.05) is 19.8 Å². The number of unbranched alkanes of at least 4 members (excludes halogenated alkanes) is 27. The zero-order chi connectivity index (χ0) is 57.4. The molecule has 14 heteroatoms. The molecule has 0 aromatic carbocycles. The van der Waals surface area contributed by atoms with Crippen LogP contribution < -0.4 is 5.32 Å². The Hall–Kier alpha value is -2.57. The van der Waals surface area contributed by atoms with E-state index in [1.807, 2.05) is 6.08 Å². The van der Waals surface area contributed by atoms with Crippen molar-refractivity contribution in [3.8, 4) is 0 Å². The van der Waals surface area contributed by atoms with Gasteiger partial charge < -0.3 is 65.1 Å². The highest BCUT2D eigenvalue weighted by atomic mass is 16.7. The van der Waals surface area contributed by atoms with E-state index in [0.29, 0.717) is 6.42 Å². The first-order chi connectivity index (χ1) is 38.6. The fraction of sp³-hybridized carbons (Fsp3) is 0.800. The van der Waals surface area contributed by atoms with Crippen LogP contribution in [-0.4, -0.2) is 140 Å². The van der Waals surface area contributed by atoms with Crippen LogP contribution in [0.1, 0.15) is 239 Å². The highest BCUT2D eigenvalue weighted by Gasteiger charge is 2.51. The maximum atomic E-state index is 13.3. The molecule has 0 aromatic rings. The van der Waals surface area contributed by atoms with Crippen LogP contribution in [0.25, 0.3) is 0 Å². The Bertz CT molecular complexity index is 1600. The summed E-state index contributed by atoms with van der Waals surface area (Å²) in [5.74, 6) is -0.241. The van der Waals surface area contributed by atoms with Crippen LogP contribution in [0, 0.1) is 0 Å². The Labute approximate surface area is 478 Å². The molecule has 2 aliphatic rings. The van der Waals surface area contributed by atoms with Crippen LogP contribution in [0.15, 0.2) is 72.9 Å². The summed E-state index contributed by atoms with van der Waals surface area (Å²) in [6.45, 7) is 2.68. The van der Waals surface area contributed by atoms with Crippen molar-refractivity contribution in [1.82, 2.24) is 5.32 Å². The second kappa shape index (κ2) is 50.0. The largest absolute Gasteiger partial charge is 0.394 e. The lowest BCUT2D eigenvalue weighted by molar-refractivity contribution is -0.359. The molecule has 0 radical (unpaired) electrons. The van der Waals surface area contributed by atoms with Gasteiger partial charge in [-0.2, -0.15) is 0 Å². The number of ether oxygens (including phenoxy) is 4. The number of aliphatic hydroxyl groups is 8. The second-order valence-electron chi connectivity index (χ2n) is 22.2. The maximum absolute atomic E-state index is 13.3. The van der Waals surface area contributed by atoms with Crippen molar-refractivity contribution in [3.05, 3.63) is 72.9 Å². The maximum Gasteiger partial charge on any atom is 0.220 e. The molecule has 0 spiro atoms. The lowest BCUT2D eigenvalue weighted by Gasteiger charge is -2.46. The Kier molecular flexibility index (Phi) is 45.9. The summed E-state index contributed by atoms with van der Waals surface area (Å²) in [7, 11) is 0. The molecule has 0 aliphatic carbocycles. The van der Waals surface area contributed by atoms with Crippen LogP contribution in [0.2, 0.25) is 0 Å². The second-order valence-corrected chi connectivity index (χ2v) is 22.2. The Morgan fingerprint density at radius 2 is 0.873 bits per heavy atom. The molecule has 0 saturated carbocycles. The Morgan fingerprint density at radius 3 is 1.34 bits per heavy atom. The Balaban J connectivity index is 1.67. The standard InChI is InChI=1S/C65H115NO13/c1-3-5-7-9-11-13-15-17-19-20-21-22-23-24-25-26-27-28-29-30-31-32-33-34-35-37-39-41-43-45-47-49-57(70)66-53(54(69)48-46-44-42-40-38-36-18-16-14-12-10-8-6-4-2)52-76-64-62(75)60(73)63(56(51-68)78-64)79-65-61(74)59(72)58(71)55(50-67)77-65/h5,7,11,13,17,19,21-22,24-25,46,48,53-56,58-65,67-69,71-75H,3-4,6,8-10,12,14-16,18,20,23,26-45,47,49-52H2,1-2H3,(H,66,70)/b7-5-,13-11-,19-17-,22-21-,25-24-,48-46+. The number of rotatable bonds is 50. The highest BCUT2D eigenvalue weighted by Crippen LogP contribution is 2.30. The Morgan fingerprint density at radius 1 is 0.468 bits per heavy atom. The van der Waals surface area contributed by atoms with E-state index in [-0.39, 0.29) is 18.9 Å². The molecule has 12 unspecified atom stereocenters. The summed E-state index contributed by atoms with van der Waals surface area (Å²) < 4.78 is 22.8. The molecule has 2 aliphatic heterocycles. The minimum atomic E-state index is -1.79. The number of amides is 1.